The molecule has 1 aliphatic rings. The highest BCUT2D eigenvalue weighted by Crippen LogP contribution is 2.22. The van der Waals surface area contributed by atoms with Gasteiger partial charge in [-0.1, -0.05) is 6.92 Å². The van der Waals surface area contributed by atoms with Crippen LogP contribution in [0.2, 0.25) is 0 Å². The van der Waals surface area contributed by atoms with Crippen LogP contribution in [0, 0.1) is 16.0 Å². The fraction of sp³-hybridized carbons (Fsp3) is 0.500. The molecule has 8 nitrogen and oxygen atoms in total. The molecule has 1 aromatic heterocycles. The van der Waals surface area contributed by atoms with Crippen LogP contribution in [0.3, 0.4) is 0 Å². The van der Waals surface area contributed by atoms with E-state index in [4.69, 9.17) is 4.42 Å². The number of amides is 2. The predicted molar refractivity (Wildman–Crippen MR) is 68.1 cm³/mol. The molecule has 1 fully saturated rings. The lowest BCUT2D eigenvalue weighted by atomic mass is 9.99. The van der Waals surface area contributed by atoms with Gasteiger partial charge < -0.3 is 14.6 Å². The highest BCUT2D eigenvalue weighted by Gasteiger charge is 2.37. The summed E-state index contributed by atoms with van der Waals surface area (Å²) in [5.41, 5.74) is 0. The second kappa shape index (κ2) is 5.72. The lowest BCUT2D eigenvalue weighted by molar-refractivity contribution is -0.402. The lowest BCUT2D eigenvalue weighted by Gasteiger charge is -2.37. The molecule has 0 aromatic carbocycles. The van der Waals surface area contributed by atoms with Crippen molar-refractivity contribution in [2.45, 2.75) is 13.3 Å². The first-order valence-electron chi connectivity index (χ1n) is 6.34. The molecule has 108 valence electrons. The molecule has 2 heterocycles. The Bertz CT molecular complexity index is 533. The summed E-state index contributed by atoms with van der Waals surface area (Å²) in [4.78, 5) is 34.7. The van der Waals surface area contributed by atoms with Crippen molar-refractivity contribution < 1.29 is 18.9 Å². The van der Waals surface area contributed by atoms with Crippen LogP contribution in [-0.2, 0) is 4.79 Å². The molecular weight excluding hydrogens is 266 g/mol. The fourth-order valence-corrected chi connectivity index (χ4v) is 1.90. The normalized spacial score (nSPS) is 14.8. The van der Waals surface area contributed by atoms with E-state index in [1.165, 1.54) is 11.0 Å². The minimum atomic E-state index is -0.701. The molecule has 20 heavy (non-hydrogen) atoms. The van der Waals surface area contributed by atoms with Gasteiger partial charge >= 0.3 is 5.88 Å². The Morgan fingerprint density at radius 1 is 1.50 bits per heavy atom. The maximum absolute atomic E-state index is 11.9. The van der Waals surface area contributed by atoms with Gasteiger partial charge in [0.1, 0.15) is 4.92 Å². The minimum Gasteiger partial charge on any atom is -0.395 e. The first-order chi connectivity index (χ1) is 9.52. The van der Waals surface area contributed by atoms with Gasteiger partial charge in [0.05, 0.1) is 12.0 Å². The number of nitrogens with one attached hydrogen (secondary N) is 1. The van der Waals surface area contributed by atoms with Crippen molar-refractivity contribution in [3.8, 4) is 0 Å². The minimum absolute atomic E-state index is 0.0682. The predicted octanol–water partition coefficient (Wildman–Crippen LogP) is 0.786. The van der Waals surface area contributed by atoms with Crippen molar-refractivity contribution in [3.05, 3.63) is 28.0 Å². The van der Waals surface area contributed by atoms with Crippen molar-refractivity contribution in [2.24, 2.45) is 5.92 Å². The van der Waals surface area contributed by atoms with E-state index in [0.717, 1.165) is 12.5 Å². The second-order valence-corrected chi connectivity index (χ2v) is 4.59. The Kier molecular flexibility index (Phi) is 4.02. The number of nitro groups is 1. The summed E-state index contributed by atoms with van der Waals surface area (Å²) in [5, 5.41) is 13.2. The van der Waals surface area contributed by atoms with E-state index < -0.39 is 16.7 Å². The molecule has 0 spiro atoms. The summed E-state index contributed by atoms with van der Waals surface area (Å²) in [6.07, 6.45) is 0.858. The molecule has 1 N–H and O–H groups in total. The van der Waals surface area contributed by atoms with Gasteiger partial charge in [-0.2, -0.15) is 0 Å². The third-order valence-corrected chi connectivity index (χ3v) is 3.07. The van der Waals surface area contributed by atoms with Crippen LogP contribution in [0.1, 0.15) is 23.9 Å². The zero-order valence-corrected chi connectivity index (χ0v) is 11.0. The average Bonchev–Trinajstić information content (AvgIpc) is 2.84. The highest BCUT2D eigenvalue weighted by atomic mass is 16.6. The maximum atomic E-state index is 11.9. The van der Waals surface area contributed by atoms with Gasteiger partial charge in [-0.25, -0.2) is 0 Å². The van der Waals surface area contributed by atoms with Gasteiger partial charge in [0.25, 0.3) is 5.91 Å². The molecule has 1 saturated heterocycles. The molecule has 2 rings (SSSR count). The standard InChI is InChI=1S/C12H15N3O5/c1-2-5-13-11(16)8-6-14(7-8)12(17)9-3-4-10(20-9)15(18)19/h3-4,8H,2,5-7H2,1H3,(H,13,16). The van der Waals surface area contributed by atoms with E-state index in [1.807, 2.05) is 6.92 Å². The highest BCUT2D eigenvalue weighted by molar-refractivity contribution is 5.94. The molecule has 0 atom stereocenters. The average molecular weight is 281 g/mol. The van der Waals surface area contributed by atoms with Crippen LogP contribution in [0.15, 0.2) is 16.5 Å². The van der Waals surface area contributed by atoms with Crippen molar-refractivity contribution in [1.29, 1.82) is 0 Å². The van der Waals surface area contributed by atoms with Gasteiger partial charge in [-0.05, 0) is 12.5 Å². The van der Waals surface area contributed by atoms with E-state index in [0.29, 0.717) is 19.6 Å². The van der Waals surface area contributed by atoms with Crippen LogP contribution in [0.25, 0.3) is 0 Å². The Hall–Kier alpha value is -2.38. The lowest BCUT2D eigenvalue weighted by Crippen LogP contribution is -2.55. The Morgan fingerprint density at radius 3 is 2.75 bits per heavy atom. The molecule has 1 aromatic rings. The Labute approximate surface area is 114 Å². The fourth-order valence-electron chi connectivity index (χ4n) is 1.90. The quantitative estimate of drug-likeness (QED) is 0.634. The summed E-state index contributed by atoms with van der Waals surface area (Å²) in [6.45, 7) is 3.19. The maximum Gasteiger partial charge on any atom is 0.433 e. The number of carbonyl (C=O) groups is 2. The van der Waals surface area contributed by atoms with E-state index in [9.17, 15) is 19.7 Å². The van der Waals surface area contributed by atoms with Crippen molar-refractivity contribution in [3.63, 3.8) is 0 Å². The van der Waals surface area contributed by atoms with Crippen molar-refractivity contribution >= 4 is 17.7 Å². The monoisotopic (exact) mass is 281 g/mol. The number of hydrogen-bond acceptors (Lipinski definition) is 5. The summed E-state index contributed by atoms with van der Waals surface area (Å²) in [7, 11) is 0. The largest absolute Gasteiger partial charge is 0.433 e. The Morgan fingerprint density at radius 2 is 2.20 bits per heavy atom. The first-order valence-corrected chi connectivity index (χ1v) is 6.34. The van der Waals surface area contributed by atoms with Crippen molar-refractivity contribution in [2.75, 3.05) is 19.6 Å². The zero-order chi connectivity index (χ0) is 14.7. The van der Waals surface area contributed by atoms with Crippen LogP contribution < -0.4 is 5.32 Å². The number of carbonyl (C=O) groups excluding carboxylic acids is 2. The van der Waals surface area contributed by atoms with Crippen molar-refractivity contribution in [1.82, 2.24) is 10.2 Å². The molecule has 0 bridgehead atoms. The summed E-state index contributed by atoms with van der Waals surface area (Å²) < 4.78 is 4.83. The van der Waals surface area contributed by atoms with Gasteiger partial charge in [0.2, 0.25) is 5.91 Å². The molecular formula is C12H15N3O5. The number of nitrogens with zero attached hydrogens (tertiary/aromatic N) is 2. The molecule has 0 saturated carbocycles. The summed E-state index contributed by atoms with van der Waals surface area (Å²) >= 11 is 0. The molecule has 2 amide bonds. The van der Waals surface area contributed by atoms with E-state index >= 15 is 0 Å². The van der Waals surface area contributed by atoms with E-state index in [-0.39, 0.29) is 17.6 Å². The van der Waals surface area contributed by atoms with Gasteiger partial charge in [-0.3, -0.25) is 19.7 Å². The number of likely N-dealkylation sites (tertiary alicyclic amines) is 1. The number of hydrogen-bond donors (Lipinski definition) is 1. The van der Waals surface area contributed by atoms with Crippen LogP contribution in [0.5, 0.6) is 0 Å². The van der Waals surface area contributed by atoms with Crippen LogP contribution >= 0.6 is 0 Å². The van der Waals surface area contributed by atoms with Gasteiger partial charge in [0, 0.05) is 19.6 Å². The third kappa shape index (κ3) is 2.79. The molecule has 1 aliphatic heterocycles. The smallest absolute Gasteiger partial charge is 0.395 e. The van der Waals surface area contributed by atoms with Crippen LogP contribution in [0.4, 0.5) is 5.88 Å². The van der Waals surface area contributed by atoms with Gasteiger partial charge in [0.15, 0.2) is 5.76 Å². The van der Waals surface area contributed by atoms with Crippen LogP contribution in [-0.4, -0.2) is 41.3 Å². The van der Waals surface area contributed by atoms with E-state index in [1.54, 1.807) is 0 Å². The topological polar surface area (TPSA) is 106 Å². The molecule has 0 radical (unpaired) electrons. The SMILES string of the molecule is CCCNC(=O)C1CN(C(=O)c2ccc([N+](=O)[O-])o2)C1. The molecule has 0 aliphatic carbocycles. The zero-order valence-electron chi connectivity index (χ0n) is 11.0. The summed E-state index contributed by atoms with van der Waals surface area (Å²) in [5.74, 6) is -1.26. The van der Waals surface area contributed by atoms with Gasteiger partial charge in [-0.15, -0.1) is 0 Å². The summed E-state index contributed by atoms with van der Waals surface area (Å²) in [6, 6.07) is 2.41. The third-order valence-electron chi connectivity index (χ3n) is 3.07. The first kappa shape index (κ1) is 14.0. The number of furan rings is 1. The molecule has 8 heteroatoms. The Balaban J connectivity index is 1.87. The molecule has 0 unspecified atom stereocenters. The number of rotatable bonds is 5. The second-order valence-electron chi connectivity index (χ2n) is 4.59. The van der Waals surface area contributed by atoms with E-state index in [2.05, 4.69) is 5.32 Å².